The van der Waals surface area contributed by atoms with Crippen LogP contribution in [-0.4, -0.2) is 96.8 Å². The molecule has 1 unspecified atom stereocenters. The van der Waals surface area contributed by atoms with Crippen molar-refractivity contribution in [3.63, 3.8) is 0 Å². The zero-order valence-electron chi connectivity index (χ0n) is 18.9. The van der Waals surface area contributed by atoms with Gasteiger partial charge in [0.1, 0.15) is 12.9 Å². The van der Waals surface area contributed by atoms with Crippen molar-refractivity contribution in [2.75, 3.05) is 32.8 Å². The molecular formula is C22H28N8O3. The fraction of sp³-hybridized carbons (Fsp3) is 0.545. The highest BCUT2D eigenvalue weighted by Crippen LogP contribution is 2.30. The van der Waals surface area contributed by atoms with Gasteiger partial charge in [0, 0.05) is 38.4 Å². The molecule has 2 aromatic heterocycles. The van der Waals surface area contributed by atoms with E-state index >= 15 is 0 Å². The largest absolute Gasteiger partial charge is 0.456 e. The van der Waals surface area contributed by atoms with Gasteiger partial charge in [-0.05, 0) is 55.2 Å². The molecule has 11 nitrogen and oxygen atoms in total. The lowest BCUT2D eigenvalue weighted by Gasteiger charge is -2.36. The van der Waals surface area contributed by atoms with Gasteiger partial charge in [0.25, 0.3) is 0 Å². The summed E-state index contributed by atoms with van der Waals surface area (Å²) in [4.78, 5) is 35.6. The van der Waals surface area contributed by atoms with E-state index < -0.39 is 0 Å². The molecule has 174 valence electrons. The van der Waals surface area contributed by atoms with Crippen molar-refractivity contribution in [2.24, 2.45) is 0 Å². The number of amides is 2. The molecule has 0 aromatic carbocycles. The van der Waals surface area contributed by atoms with Gasteiger partial charge in [-0.1, -0.05) is 6.07 Å². The Bertz CT molecular complexity index is 1040. The van der Waals surface area contributed by atoms with Gasteiger partial charge in [-0.2, -0.15) is 4.68 Å². The zero-order valence-corrected chi connectivity index (χ0v) is 18.9. The van der Waals surface area contributed by atoms with E-state index in [0.717, 1.165) is 44.6 Å². The smallest absolute Gasteiger partial charge is 0.336 e. The molecule has 0 bridgehead atoms. The van der Waals surface area contributed by atoms with Crippen LogP contribution in [0.3, 0.4) is 0 Å². The molecule has 33 heavy (non-hydrogen) atoms. The fourth-order valence-electron chi connectivity index (χ4n) is 4.88. The SMILES string of the molecule is CC1=C(N2C(=O)N(C3CCN(CCc4ccc(-n5cnnn5)nc4)CC3)CC2C)COC1=O. The molecular weight excluding hydrogens is 424 g/mol. The molecule has 2 aromatic rings. The van der Waals surface area contributed by atoms with Crippen LogP contribution in [-0.2, 0) is 16.0 Å². The Morgan fingerprint density at radius 3 is 2.64 bits per heavy atom. The second-order valence-electron chi connectivity index (χ2n) is 8.90. The third kappa shape index (κ3) is 4.20. The lowest BCUT2D eigenvalue weighted by atomic mass is 10.0. The minimum Gasteiger partial charge on any atom is -0.456 e. The van der Waals surface area contributed by atoms with Crippen LogP contribution in [0.25, 0.3) is 5.82 Å². The number of aromatic nitrogens is 5. The number of carbonyl (C=O) groups excluding carboxylic acids is 2. The van der Waals surface area contributed by atoms with Crippen molar-refractivity contribution in [2.45, 2.75) is 45.2 Å². The van der Waals surface area contributed by atoms with E-state index in [1.54, 1.807) is 11.8 Å². The van der Waals surface area contributed by atoms with Crippen molar-refractivity contribution in [1.82, 2.24) is 39.9 Å². The van der Waals surface area contributed by atoms with E-state index in [2.05, 4.69) is 31.5 Å². The Balaban J connectivity index is 1.12. The van der Waals surface area contributed by atoms with E-state index in [1.165, 1.54) is 16.6 Å². The number of urea groups is 1. The summed E-state index contributed by atoms with van der Waals surface area (Å²) >= 11 is 0. The monoisotopic (exact) mass is 452 g/mol. The first-order valence-corrected chi connectivity index (χ1v) is 11.4. The van der Waals surface area contributed by atoms with Crippen molar-refractivity contribution in [3.8, 4) is 5.82 Å². The van der Waals surface area contributed by atoms with Crippen LogP contribution in [0.4, 0.5) is 4.79 Å². The highest BCUT2D eigenvalue weighted by Gasteiger charge is 2.43. The van der Waals surface area contributed by atoms with Crippen LogP contribution in [0.5, 0.6) is 0 Å². The van der Waals surface area contributed by atoms with Crippen molar-refractivity contribution in [1.29, 1.82) is 0 Å². The number of nitrogens with zero attached hydrogens (tertiary/aromatic N) is 8. The molecule has 3 aliphatic heterocycles. The van der Waals surface area contributed by atoms with Gasteiger partial charge in [0.15, 0.2) is 5.82 Å². The second kappa shape index (κ2) is 8.89. The maximum absolute atomic E-state index is 13.2. The van der Waals surface area contributed by atoms with Gasteiger partial charge in [0.2, 0.25) is 0 Å². The molecule has 11 heteroatoms. The van der Waals surface area contributed by atoms with Gasteiger partial charge in [-0.3, -0.25) is 4.90 Å². The molecule has 0 radical (unpaired) electrons. The van der Waals surface area contributed by atoms with Gasteiger partial charge < -0.3 is 14.5 Å². The molecule has 5 heterocycles. The van der Waals surface area contributed by atoms with E-state index in [1.807, 2.05) is 24.1 Å². The number of cyclic esters (lactones) is 1. The molecule has 1 atom stereocenters. The average molecular weight is 453 g/mol. The Hall–Kier alpha value is -3.34. The standard InChI is InChI=1S/C22H28N8O3/c1-15-12-28(22(32)30(15)19-13-33-21(31)16(19)2)18-6-9-27(10-7-18)8-5-17-3-4-20(23-11-17)29-14-24-25-26-29/h3-4,11,14-15,18H,5-10,12-13H2,1-2H3. The molecule has 0 spiro atoms. The van der Waals surface area contributed by atoms with E-state index in [4.69, 9.17) is 4.74 Å². The Labute approximate surface area is 192 Å². The minimum atomic E-state index is -0.322. The molecule has 3 aliphatic rings. The Morgan fingerprint density at radius 1 is 1.18 bits per heavy atom. The third-order valence-electron chi connectivity index (χ3n) is 6.83. The first-order valence-electron chi connectivity index (χ1n) is 11.4. The van der Waals surface area contributed by atoms with Crippen LogP contribution in [0.2, 0.25) is 0 Å². The maximum Gasteiger partial charge on any atom is 0.336 e. The van der Waals surface area contributed by atoms with E-state index in [0.29, 0.717) is 17.9 Å². The van der Waals surface area contributed by atoms with Crippen molar-refractivity contribution in [3.05, 3.63) is 41.5 Å². The summed E-state index contributed by atoms with van der Waals surface area (Å²) in [5.41, 5.74) is 2.44. The number of piperidine rings is 1. The van der Waals surface area contributed by atoms with Crippen molar-refractivity contribution >= 4 is 12.0 Å². The van der Waals surface area contributed by atoms with Crippen LogP contribution in [0.1, 0.15) is 32.3 Å². The van der Waals surface area contributed by atoms with Crippen LogP contribution in [0, 0.1) is 0 Å². The Morgan fingerprint density at radius 2 is 2.00 bits per heavy atom. The van der Waals surface area contributed by atoms with Crippen LogP contribution < -0.4 is 0 Å². The summed E-state index contributed by atoms with van der Waals surface area (Å²) in [6.07, 6.45) is 6.22. The first kappa shape index (κ1) is 21.5. The first-order chi connectivity index (χ1) is 16.0. The van der Waals surface area contributed by atoms with Gasteiger partial charge in [-0.15, -0.1) is 5.10 Å². The molecule has 2 saturated heterocycles. The Kier molecular flexibility index (Phi) is 5.79. The fourth-order valence-corrected chi connectivity index (χ4v) is 4.88. The summed E-state index contributed by atoms with van der Waals surface area (Å²) < 4.78 is 6.66. The molecule has 2 amide bonds. The van der Waals surface area contributed by atoms with Crippen LogP contribution >= 0.6 is 0 Å². The average Bonchev–Trinajstić information content (AvgIpc) is 3.55. The second-order valence-corrected chi connectivity index (χ2v) is 8.90. The molecule has 0 aliphatic carbocycles. The topological polar surface area (TPSA) is 110 Å². The van der Waals surface area contributed by atoms with Crippen LogP contribution in [0.15, 0.2) is 35.9 Å². The van der Waals surface area contributed by atoms with Crippen molar-refractivity contribution < 1.29 is 14.3 Å². The highest BCUT2D eigenvalue weighted by molar-refractivity contribution is 5.92. The number of hydrogen-bond donors (Lipinski definition) is 0. The number of esters is 1. The normalized spacial score (nSPS) is 22.5. The van der Waals surface area contributed by atoms with Gasteiger partial charge >= 0.3 is 12.0 Å². The lowest BCUT2D eigenvalue weighted by Crippen LogP contribution is -2.46. The summed E-state index contributed by atoms with van der Waals surface area (Å²) in [6.45, 7) is 7.53. The maximum atomic E-state index is 13.2. The third-order valence-corrected chi connectivity index (χ3v) is 6.83. The summed E-state index contributed by atoms with van der Waals surface area (Å²) in [7, 11) is 0. The number of hydrogen-bond acceptors (Lipinski definition) is 8. The van der Waals surface area contributed by atoms with E-state index in [-0.39, 0.29) is 30.7 Å². The van der Waals surface area contributed by atoms with Gasteiger partial charge in [-0.25, -0.2) is 14.6 Å². The lowest BCUT2D eigenvalue weighted by molar-refractivity contribution is -0.136. The number of pyridine rings is 1. The number of likely N-dealkylation sites (tertiary alicyclic amines) is 1. The summed E-state index contributed by atoms with van der Waals surface area (Å²) in [5.74, 6) is 0.375. The number of ether oxygens (including phenoxy) is 1. The quantitative estimate of drug-likeness (QED) is 0.598. The number of tetrazole rings is 1. The zero-order chi connectivity index (χ0) is 22.9. The molecule has 0 saturated carbocycles. The predicted octanol–water partition coefficient (Wildman–Crippen LogP) is 1.02. The highest BCUT2D eigenvalue weighted by atomic mass is 16.5. The number of carbonyl (C=O) groups is 2. The predicted molar refractivity (Wildman–Crippen MR) is 117 cm³/mol. The molecule has 5 rings (SSSR count). The van der Waals surface area contributed by atoms with E-state index in [9.17, 15) is 9.59 Å². The summed E-state index contributed by atoms with van der Waals surface area (Å²) in [5, 5.41) is 11.1. The number of rotatable bonds is 6. The minimum absolute atomic E-state index is 0.00217. The molecule has 2 fully saturated rings. The van der Waals surface area contributed by atoms with Gasteiger partial charge in [0.05, 0.1) is 17.3 Å². The summed E-state index contributed by atoms with van der Waals surface area (Å²) in [6, 6.07) is 4.26. The molecule has 0 N–H and O–H groups in total.